The van der Waals surface area contributed by atoms with Crippen LogP contribution in [0, 0.1) is 13.8 Å². The van der Waals surface area contributed by atoms with E-state index in [0.717, 1.165) is 22.2 Å². The predicted octanol–water partition coefficient (Wildman–Crippen LogP) is 4.33. The average molecular weight is 329 g/mol. The Balaban J connectivity index is 1.80. The first-order valence-electron chi connectivity index (χ1n) is 8.30. The number of rotatable bonds is 3. The van der Waals surface area contributed by atoms with Gasteiger partial charge in [-0.1, -0.05) is 48.0 Å². The van der Waals surface area contributed by atoms with Crippen molar-refractivity contribution in [3.05, 3.63) is 82.9 Å². The lowest BCUT2D eigenvalue weighted by Crippen LogP contribution is -2.02. The van der Waals surface area contributed by atoms with Crippen LogP contribution in [0.3, 0.4) is 0 Å². The highest BCUT2D eigenvalue weighted by molar-refractivity contribution is 5.73. The fourth-order valence-electron chi connectivity index (χ4n) is 3.13. The third-order valence-electron chi connectivity index (χ3n) is 4.29. The molecule has 4 heteroatoms. The standard InChI is InChI=1S/C21H19N3O/c1-14-6-5-7-16(10-14)13-17-11-15(2)12-20(21(17)25)24-22-18-8-3-4-9-19(18)23-24/h3-12,25H,13H2,1-2H3. The third-order valence-corrected chi connectivity index (χ3v) is 4.29. The van der Waals surface area contributed by atoms with Gasteiger partial charge in [0.05, 0.1) is 0 Å². The molecule has 4 rings (SSSR count). The molecule has 124 valence electrons. The number of phenolic OH excluding ortho intramolecular Hbond substituents is 1. The van der Waals surface area contributed by atoms with Crippen LogP contribution in [-0.2, 0) is 6.42 Å². The monoisotopic (exact) mass is 329 g/mol. The molecule has 0 fully saturated rings. The van der Waals surface area contributed by atoms with Crippen molar-refractivity contribution >= 4 is 11.0 Å². The number of aromatic nitrogens is 3. The Morgan fingerprint density at radius 1 is 0.840 bits per heavy atom. The number of fused-ring (bicyclic) bond motifs is 1. The van der Waals surface area contributed by atoms with Crippen molar-refractivity contribution in [2.75, 3.05) is 0 Å². The highest BCUT2D eigenvalue weighted by Crippen LogP contribution is 2.30. The summed E-state index contributed by atoms with van der Waals surface area (Å²) in [6.07, 6.45) is 0.670. The summed E-state index contributed by atoms with van der Waals surface area (Å²) in [5.74, 6) is 0.229. The van der Waals surface area contributed by atoms with Crippen molar-refractivity contribution in [1.29, 1.82) is 0 Å². The van der Waals surface area contributed by atoms with E-state index in [1.54, 1.807) is 0 Å². The van der Waals surface area contributed by atoms with E-state index in [4.69, 9.17) is 0 Å². The van der Waals surface area contributed by atoms with Gasteiger partial charge in [0.2, 0.25) is 0 Å². The Bertz CT molecular complexity index is 1030. The second-order valence-corrected chi connectivity index (χ2v) is 6.44. The summed E-state index contributed by atoms with van der Waals surface area (Å²) in [4.78, 5) is 1.52. The molecule has 0 radical (unpaired) electrons. The van der Waals surface area contributed by atoms with Crippen LogP contribution in [0.25, 0.3) is 16.7 Å². The SMILES string of the molecule is Cc1cccc(Cc2cc(C)cc(-n3nc4ccccc4n3)c2O)c1. The van der Waals surface area contributed by atoms with E-state index < -0.39 is 0 Å². The van der Waals surface area contributed by atoms with Crippen LogP contribution in [-0.4, -0.2) is 20.1 Å². The number of hydrogen-bond acceptors (Lipinski definition) is 3. The number of phenols is 1. The predicted molar refractivity (Wildman–Crippen MR) is 99.3 cm³/mol. The summed E-state index contributed by atoms with van der Waals surface area (Å²) in [6.45, 7) is 4.09. The van der Waals surface area contributed by atoms with Crippen molar-refractivity contribution in [3.8, 4) is 11.4 Å². The molecule has 0 aliphatic rings. The quantitative estimate of drug-likeness (QED) is 0.608. The summed E-state index contributed by atoms with van der Waals surface area (Å²) in [5.41, 5.74) is 6.56. The molecule has 0 saturated carbocycles. The Morgan fingerprint density at radius 3 is 2.24 bits per heavy atom. The minimum Gasteiger partial charge on any atom is -0.505 e. The highest BCUT2D eigenvalue weighted by Gasteiger charge is 2.14. The maximum Gasteiger partial charge on any atom is 0.146 e. The van der Waals surface area contributed by atoms with Crippen molar-refractivity contribution in [2.24, 2.45) is 0 Å². The van der Waals surface area contributed by atoms with Crippen LogP contribution in [0.4, 0.5) is 0 Å². The third kappa shape index (κ3) is 2.98. The summed E-state index contributed by atoms with van der Waals surface area (Å²) in [7, 11) is 0. The zero-order valence-corrected chi connectivity index (χ0v) is 14.3. The van der Waals surface area contributed by atoms with Gasteiger partial charge in [0.15, 0.2) is 0 Å². The van der Waals surface area contributed by atoms with E-state index in [0.29, 0.717) is 12.1 Å². The van der Waals surface area contributed by atoms with Gasteiger partial charge in [-0.25, -0.2) is 0 Å². The minimum absolute atomic E-state index is 0.229. The molecule has 4 aromatic rings. The van der Waals surface area contributed by atoms with Crippen LogP contribution in [0.1, 0.15) is 22.3 Å². The van der Waals surface area contributed by atoms with Crippen LogP contribution in [0.2, 0.25) is 0 Å². The summed E-state index contributed by atoms with van der Waals surface area (Å²) >= 11 is 0. The van der Waals surface area contributed by atoms with Gasteiger partial charge in [-0.3, -0.25) is 0 Å². The Hall–Kier alpha value is -3.14. The molecule has 25 heavy (non-hydrogen) atoms. The molecule has 0 unspecified atom stereocenters. The largest absolute Gasteiger partial charge is 0.505 e. The molecule has 4 nitrogen and oxygen atoms in total. The highest BCUT2D eigenvalue weighted by atomic mass is 16.3. The second-order valence-electron chi connectivity index (χ2n) is 6.44. The maximum absolute atomic E-state index is 10.8. The first-order valence-corrected chi connectivity index (χ1v) is 8.30. The molecule has 0 aliphatic heterocycles. The lowest BCUT2D eigenvalue weighted by molar-refractivity contribution is 0.462. The van der Waals surface area contributed by atoms with E-state index >= 15 is 0 Å². The maximum atomic E-state index is 10.8. The Morgan fingerprint density at radius 2 is 1.56 bits per heavy atom. The zero-order valence-electron chi connectivity index (χ0n) is 14.3. The van der Waals surface area contributed by atoms with Gasteiger partial charge in [-0.2, -0.15) is 0 Å². The van der Waals surface area contributed by atoms with Crippen molar-refractivity contribution in [1.82, 2.24) is 15.0 Å². The molecular formula is C21H19N3O. The molecule has 0 amide bonds. The van der Waals surface area contributed by atoms with Crippen LogP contribution in [0.15, 0.2) is 60.7 Å². The molecule has 1 N–H and O–H groups in total. The van der Waals surface area contributed by atoms with Gasteiger partial charge >= 0.3 is 0 Å². The molecule has 3 aromatic carbocycles. The number of aromatic hydroxyl groups is 1. The zero-order chi connectivity index (χ0) is 17.4. The number of nitrogens with zero attached hydrogens (tertiary/aromatic N) is 3. The molecule has 1 heterocycles. The fraction of sp³-hybridized carbons (Fsp3) is 0.143. The van der Waals surface area contributed by atoms with E-state index in [2.05, 4.69) is 35.3 Å². The van der Waals surface area contributed by atoms with Gasteiger partial charge < -0.3 is 5.11 Å². The van der Waals surface area contributed by atoms with Crippen molar-refractivity contribution < 1.29 is 5.11 Å². The Kier molecular flexibility index (Phi) is 3.73. The van der Waals surface area contributed by atoms with Crippen LogP contribution < -0.4 is 0 Å². The van der Waals surface area contributed by atoms with Gasteiger partial charge in [-0.15, -0.1) is 15.0 Å². The minimum atomic E-state index is 0.229. The van der Waals surface area contributed by atoms with E-state index in [1.165, 1.54) is 15.9 Å². The van der Waals surface area contributed by atoms with Crippen LogP contribution >= 0.6 is 0 Å². The summed E-state index contributed by atoms with van der Waals surface area (Å²) in [5, 5.41) is 19.8. The van der Waals surface area contributed by atoms with Gasteiger partial charge in [0.1, 0.15) is 22.5 Å². The van der Waals surface area contributed by atoms with Crippen molar-refractivity contribution in [3.63, 3.8) is 0 Å². The molecular weight excluding hydrogens is 310 g/mol. The van der Waals surface area contributed by atoms with Crippen molar-refractivity contribution in [2.45, 2.75) is 20.3 Å². The molecule has 0 saturated heterocycles. The fourth-order valence-corrected chi connectivity index (χ4v) is 3.13. The van der Waals surface area contributed by atoms with Gasteiger partial charge in [0.25, 0.3) is 0 Å². The topological polar surface area (TPSA) is 50.9 Å². The molecule has 0 spiro atoms. The second kappa shape index (κ2) is 6.06. The molecule has 0 bridgehead atoms. The smallest absolute Gasteiger partial charge is 0.146 e. The van der Waals surface area contributed by atoms with E-state index in [9.17, 15) is 5.11 Å². The molecule has 1 aromatic heterocycles. The van der Waals surface area contributed by atoms with Gasteiger partial charge in [0, 0.05) is 12.0 Å². The first kappa shape index (κ1) is 15.4. The molecule has 0 atom stereocenters. The number of aryl methyl sites for hydroxylation is 2. The number of benzene rings is 3. The normalized spacial score (nSPS) is 11.1. The lowest BCUT2D eigenvalue weighted by Gasteiger charge is -2.11. The van der Waals surface area contributed by atoms with Gasteiger partial charge in [-0.05, 0) is 43.2 Å². The van der Waals surface area contributed by atoms with E-state index in [-0.39, 0.29) is 5.75 Å². The van der Waals surface area contributed by atoms with Crippen LogP contribution in [0.5, 0.6) is 5.75 Å². The van der Waals surface area contributed by atoms with E-state index in [1.807, 2.05) is 49.4 Å². The molecule has 0 aliphatic carbocycles. The lowest BCUT2D eigenvalue weighted by atomic mass is 10.00. The summed E-state index contributed by atoms with van der Waals surface area (Å²) < 4.78 is 0. The average Bonchev–Trinajstić information content (AvgIpc) is 3.01. The number of hydrogen-bond donors (Lipinski definition) is 1. The Labute approximate surface area is 146 Å². The summed E-state index contributed by atoms with van der Waals surface area (Å²) in [6, 6.07) is 20.0. The first-order chi connectivity index (χ1) is 12.1.